The van der Waals surface area contributed by atoms with Gasteiger partial charge in [0.2, 0.25) is 0 Å². The summed E-state index contributed by atoms with van der Waals surface area (Å²) in [5, 5.41) is 3.16. The molecule has 4 nitrogen and oxygen atoms in total. The van der Waals surface area contributed by atoms with E-state index in [1.54, 1.807) is 0 Å². The Morgan fingerprint density at radius 3 is 2.52 bits per heavy atom. The fourth-order valence-corrected chi connectivity index (χ4v) is 3.09. The summed E-state index contributed by atoms with van der Waals surface area (Å²) < 4.78 is 0. The van der Waals surface area contributed by atoms with E-state index < -0.39 is 0 Å². The van der Waals surface area contributed by atoms with Crippen molar-refractivity contribution in [2.75, 3.05) is 24.3 Å². The molecule has 0 saturated heterocycles. The van der Waals surface area contributed by atoms with Crippen molar-refractivity contribution in [1.82, 2.24) is 9.97 Å². The number of hydrogen-bond donors (Lipinski definition) is 1. The Hall–Kier alpha value is -1.32. The Bertz CT molecular complexity index is 460. The third kappa shape index (κ3) is 4.08. The molecule has 0 atom stereocenters. The number of nitrogens with zero attached hydrogens (tertiary/aromatic N) is 3. The summed E-state index contributed by atoms with van der Waals surface area (Å²) in [6.45, 7) is 6.93. The number of anilines is 2. The molecule has 0 amide bonds. The van der Waals surface area contributed by atoms with Crippen LogP contribution in [0.15, 0.2) is 6.07 Å². The van der Waals surface area contributed by atoms with Gasteiger partial charge in [-0.15, -0.1) is 0 Å². The van der Waals surface area contributed by atoms with Crippen molar-refractivity contribution in [3.05, 3.63) is 11.9 Å². The van der Waals surface area contributed by atoms with E-state index in [-0.39, 0.29) is 0 Å². The molecule has 0 spiro atoms. The minimum absolute atomic E-state index is 0.506. The molecule has 1 aliphatic carbocycles. The molecule has 2 rings (SSSR count). The average Bonchev–Trinajstić information content (AvgIpc) is 2.46. The zero-order chi connectivity index (χ0) is 15.5. The highest BCUT2D eigenvalue weighted by Crippen LogP contribution is 2.37. The second-order valence-corrected chi connectivity index (χ2v) is 7.03. The number of nitrogens with one attached hydrogen (secondary N) is 1. The topological polar surface area (TPSA) is 41.1 Å². The zero-order valence-corrected chi connectivity index (χ0v) is 14.2. The van der Waals surface area contributed by atoms with Gasteiger partial charge < -0.3 is 10.2 Å². The first kappa shape index (κ1) is 16.1. The highest BCUT2D eigenvalue weighted by atomic mass is 15.2. The molecule has 0 radical (unpaired) electrons. The van der Waals surface area contributed by atoms with Gasteiger partial charge in [0.05, 0.1) is 0 Å². The predicted molar refractivity (Wildman–Crippen MR) is 90.0 cm³/mol. The second-order valence-electron chi connectivity index (χ2n) is 7.03. The lowest BCUT2D eigenvalue weighted by Gasteiger charge is -2.39. The zero-order valence-electron chi connectivity index (χ0n) is 14.2. The van der Waals surface area contributed by atoms with Crippen molar-refractivity contribution in [1.29, 1.82) is 0 Å². The molecule has 118 valence electrons. The second kappa shape index (κ2) is 6.63. The summed E-state index contributed by atoms with van der Waals surface area (Å²) >= 11 is 0. The van der Waals surface area contributed by atoms with E-state index in [4.69, 9.17) is 4.98 Å². The van der Waals surface area contributed by atoms with E-state index in [1.165, 1.54) is 25.7 Å². The normalized spacial score (nSPS) is 18.5. The number of rotatable bonds is 5. The smallest absolute Gasteiger partial charge is 0.134 e. The van der Waals surface area contributed by atoms with Crippen molar-refractivity contribution >= 4 is 11.6 Å². The SMILES string of the molecule is CCCc1nc(NC)cc(N(C)C2CCC(C)(C)CC2)n1. The van der Waals surface area contributed by atoms with Crippen LogP contribution in [0.2, 0.25) is 0 Å². The number of aromatic nitrogens is 2. The summed E-state index contributed by atoms with van der Waals surface area (Å²) in [6.07, 6.45) is 7.13. The van der Waals surface area contributed by atoms with Crippen LogP contribution in [0, 0.1) is 5.41 Å². The van der Waals surface area contributed by atoms with Crippen LogP contribution in [0.25, 0.3) is 0 Å². The highest BCUT2D eigenvalue weighted by molar-refractivity contribution is 5.49. The molecule has 1 saturated carbocycles. The first-order valence-corrected chi connectivity index (χ1v) is 8.24. The van der Waals surface area contributed by atoms with Gasteiger partial charge in [-0.3, -0.25) is 0 Å². The fourth-order valence-electron chi connectivity index (χ4n) is 3.09. The Morgan fingerprint density at radius 1 is 1.29 bits per heavy atom. The van der Waals surface area contributed by atoms with Gasteiger partial charge in [0, 0.05) is 32.6 Å². The van der Waals surface area contributed by atoms with Crippen molar-refractivity contribution in [2.24, 2.45) is 5.41 Å². The molecular weight excluding hydrogens is 260 g/mol. The average molecular weight is 290 g/mol. The molecule has 1 aliphatic rings. The van der Waals surface area contributed by atoms with Crippen molar-refractivity contribution in [3.63, 3.8) is 0 Å². The van der Waals surface area contributed by atoms with E-state index in [0.717, 1.165) is 30.3 Å². The minimum Gasteiger partial charge on any atom is -0.373 e. The van der Waals surface area contributed by atoms with E-state index in [2.05, 4.69) is 49.1 Å². The van der Waals surface area contributed by atoms with Crippen LogP contribution in [0.5, 0.6) is 0 Å². The van der Waals surface area contributed by atoms with E-state index in [9.17, 15) is 0 Å². The lowest BCUT2D eigenvalue weighted by molar-refractivity contribution is 0.222. The van der Waals surface area contributed by atoms with Gasteiger partial charge in [-0.25, -0.2) is 9.97 Å². The maximum absolute atomic E-state index is 4.76. The monoisotopic (exact) mass is 290 g/mol. The molecule has 0 aliphatic heterocycles. The van der Waals surface area contributed by atoms with Gasteiger partial charge >= 0.3 is 0 Å². The van der Waals surface area contributed by atoms with Gasteiger partial charge in [-0.05, 0) is 37.5 Å². The molecule has 21 heavy (non-hydrogen) atoms. The van der Waals surface area contributed by atoms with Crippen LogP contribution in [-0.2, 0) is 6.42 Å². The Kier molecular flexibility index (Phi) is 5.07. The van der Waals surface area contributed by atoms with Crippen LogP contribution < -0.4 is 10.2 Å². The van der Waals surface area contributed by atoms with Crippen LogP contribution in [-0.4, -0.2) is 30.1 Å². The molecule has 1 aromatic rings. The van der Waals surface area contributed by atoms with E-state index in [1.807, 2.05) is 7.05 Å². The maximum atomic E-state index is 4.76. The largest absolute Gasteiger partial charge is 0.373 e. The lowest BCUT2D eigenvalue weighted by atomic mass is 9.75. The standard InChI is InChI=1S/C17H30N4/c1-6-7-14-19-15(18-4)12-16(20-14)21(5)13-8-10-17(2,3)11-9-13/h12-13H,6-11H2,1-5H3,(H,18,19,20). The fraction of sp³-hybridized carbons (Fsp3) is 0.765. The van der Waals surface area contributed by atoms with Gasteiger partial charge in [0.1, 0.15) is 17.5 Å². The molecule has 1 fully saturated rings. The van der Waals surface area contributed by atoms with Crippen LogP contribution in [0.4, 0.5) is 11.6 Å². The Balaban J connectivity index is 2.14. The van der Waals surface area contributed by atoms with Gasteiger partial charge in [0.25, 0.3) is 0 Å². The van der Waals surface area contributed by atoms with E-state index >= 15 is 0 Å². The molecule has 0 bridgehead atoms. The summed E-state index contributed by atoms with van der Waals surface area (Å²) in [5.41, 5.74) is 0.506. The summed E-state index contributed by atoms with van der Waals surface area (Å²) in [4.78, 5) is 11.7. The molecule has 1 aromatic heterocycles. The Morgan fingerprint density at radius 2 is 1.95 bits per heavy atom. The van der Waals surface area contributed by atoms with Gasteiger partial charge in [-0.1, -0.05) is 20.8 Å². The van der Waals surface area contributed by atoms with Crippen LogP contribution >= 0.6 is 0 Å². The molecule has 4 heteroatoms. The summed E-state index contributed by atoms with van der Waals surface area (Å²) in [5.74, 6) is 2.93. The van der Waals surface area contributed by atoms with Gasteiger partial charge in [0.15, 0.2) is 0 Å². The highest BCUT2D eigenvalue weighted by Gasteiger charge is 2.29. The van der Waals surface area contributed by atoms with Crippen molar-refractivity contribution in [2.45, 2.75) is 65.3 Å². The first-order chi connectivity index (χ1) is 9.95. The first-order valence-electron chi connectivity index (χ1n) is 8.24. The molecule has 1 heterocycles. The minimum atomic E-state index is 0.506. The maximum Gasteiger partial charge on any atom is 0.134 e. The third-order valence-electron chi connectivity index (χ3n) is 4.71. The molecular formula is C17H30N4. The van der Waals surface area contributed by atoms with Gasteiger partial charge in [-0.2, -0.15) is 0 Å². The summed E-state index contributed by atoms with van der Waals surface area (Å²) in [7, 11) is 4.10. The molecule has 0 unspecified atom stereocenters. The predicted octanol–water partition coefficient (Wildman–Crippen LogP) is 3.88. The lowest BCUT2D eigenvalue weighted by Crippen LogP contribution is -2.37. The van der Waals surface area contributed by atoms with Crippen LogP contribution in [0.3, 0.4) is 0 Å². The Labute approximate surface area is 129 Å². The third-order valence-corrected chi connectivity index (χ3v) is 4.71. The molecule has 1 N–H and O–H groups in total. The molecule has 0 aromatic carbocycles. The van der Waals surface area contributed by atoms with Crippen molar-refractivity contribution in [3.8, 4) is 0 Å². The van der Waals surface area contributed by atoms with Crippen molar-refractivity contribution < 1.29 is 0 Å². The quantitative estimate of drug-likeness (QED) is 0.893. The van der Waals surface area contributed by atoms with E-state index in [0.29, 0.717) is 11.5 Å². The number of hydrogen-bond acceptors (Lipinski definition) is 4. The number of aryl methyl sites for hydroxylation is 1. The summed E-state index contributed by atoms with van der Waals surface area (Å²) in [6, 6.07) is 2.67. The van der Waals surface area contributed by atoms with Crippen LogP contribution in [0.1, 0.15) is 58.7 Å².